The van der Waals surface area contributed by atoms with E-state index in [9.17, 15) is 0 Å². The number of rotatable bonds is 4. The summed E-state index contributed by atoms with van der Waals surface area (Å²) in [5.74, 6) is 1.22. The summed E-state index contributed by atoms with van der Waals surface area (Å²) < 4.78 is 7.19. The van der Waals surface area contributed by atoms with E-state index in [4.69, 9.17) is 10.5 Å². The molecule has 1 heterocycles. The lowest BCUT2D eigenvalue weighted by molar-refractivity contribution is 0.416. The van der Waals surface area contributed by atoms with Crippen LogP contribution < -0.4 is 10.5 Å². The quantitative estimate of drug-likeness (QED) is 0.747. The van der Waals surface area contributed by atoms with Crippen LogP contribution in [0.2, 0.25) is 0 Å². The first kappa shape index (κ1) is 15.1. The smallest absolute Gasteiger partial charge is 0.128 e. The van der Waals surface area contributed by atoms with Crippen molar-refractivity contribution in [1.29, 1.82) is 0 Å². The average molecular weight is 308 g/mol. The van der Waals surface area contributed by atoms with Crippen LogP contribution in [0.5, 0.6) is 5.75 Å². The fourth-order valence-electron chi connectivity index (χ4n) is 2.47. The van der Waals surface area contributed by atoms with Crippen molar-refractivity contribution in [3.05, 3.63) is 54.2 Å². The van der Waals surface area contributed by atoms with Gasteiger partial charge in [-0.1, -0.05) is 31.2 Å². The van der Waals surface area contributed by atoms with Gasteiger partial charge in [0, 0.05) is 11.3 Å². The number of nitrogens with zero attached hydrogens (tertiary/aromatic N) is 3. The highest BCUT2D eigenvalue weighted by atomic mass is 16.5. The van der Waals surface area contributed by atoms with Gasteiger partial charge in [-0.2, -0.15) is 0 Å². The first-order chi connectivity index (χ1) is 11.1. The third kappa shape index (κ3) is 3.04. The van der Waals surface area contributed by atoms with Gasteiger partial charge in [0.1, 0.15) is 11.4 Å². The summed E-state index contributed by atoms with van der Waals surface area (Å²) in [6.45, 7) is 4.32. The largest absolute Gasteiger partial charge is 0.496 e. The molecule has 0 atom stereocenters. The van der Waals surface area contributed by atoms with E-state index in [-0.39, 0.29) is 0 Å². The standard InChI is InChI=1S/C18H20N4O/c1-12(2)13-7-8-18(23-3)16(9-13)17-11-22(21-20-17)15-6-4-5-14(19)10-15/h4-12H,19H2,1-3H3. The van der Waals surface area contributed by atoms with Crippen molar-refractivity contribution in [2.24, 2.45) is 0 Å². The number of anilines is 1. The van der Waals surface area contributed by atoms with Crippen molar-refractivity contribution in [3.63, 3.8) is 0 Å². The Morgan fingerprint density at radius 1 is 1.13 bits per heavy atom. The summed E-state index contributed by atoms with van der Waals surface area (Å²) in [5, 5.41) is 8.50. The molecule has 2 aromatic carbocycles. The summed E-state index contributed by atoms with van der Waals surface area (Å²) in [7, 11) is 1.66. The zero-order valence-corrected chi connectivity index (χ0v) is 13.5. The summed E-state index contributed by atoms with van der Waals surface area (Å²) in [6.07, 6.45) is 1.89. The third-order valence-electron chi connectivity index (χ3n) is 3.79. The van der Waals surface area contributed by atoms with Gasteiger partial charge < -0.3 is 10.5 Å². The minimum atomic E-state index is 0.434. The highest BCUT2D eigenvalue weighted by Gasteiger charge is 2.13. The highest BCUT2D eigenvalue weighted by Crippen LogP contribution is 2.32. The monoisotopic (exact) mass is 308 g/mol. The highest BCUT2D eigenvalue weighted by molar-refractivity contribution is 5.68. The van der Waals surface area contributed by atoms with E-state index >= 15 is 0 Å². The fourth-order valence-corrected chi connectivity index (χ4v) is 2.47. The lowest BCUT2D eigenvalue weighted by Crippen LogP contribution is -1.96. The van der Waals surface area contributed by atoms with Crippen molar-refractivity contribution in [1.82, 2.24) is 15.0 Å². The van der Waals surface area contributed by atoms with Crippen LogP contribution >= 0.6 is 0 Å². The first-order valence-electron chi connectivity index (χ1n) is 7.55. The van der Waals surface area contributed by atoms with Gasteiger partial charge in [-0.15, -0.1) is 5.10 Å². The normalized spacial score (nSPS) is 11.0. The van der Waals surface area contributed by atoms with E-state index in [1.54, 1.807) is 11.8 Å². The molecule has 118 valence electrons. The van der Waals surface area contributed by atoms with Crippen LogP contribution in [0.25, 0.3) is 16.9 Å². The second-order valence-electron chi connectivity index (χ2n) is 5.76. The van der Waals surface area contributed by atoms with Crippen LogP contribution in [0.15, 0.2) is 48.7 Å². The van der Waals surface area contributed by atoms with Gasteiger partial charge in [0.15, 0.2) is 0 Å². The predicted molar refractivity (Wildman–Crippen MR) is 91.8 cm³/mol. The Bertz CT molecular complexity index is 823. The molecule has 0 aliphatic carbocycles. The molecule has 0 aliphatic heterocycles. The van der Waals surface area contributed by atoms with Crippen LogP contribution in [0.4, 0.5) is 5.69 Å². The summed E-state index contributed by atoms with van der Waals surface area (Å²) in [6, 6.07) is 13.7. The molecular formula is C18H20N4O. The average Bonchev–Trinajstić information content (AvgIpc) is 3.04. The molecule has 0 spiro atoms. The molecule has 5 heteroatoms. The Balaban J connectivity index is 2.04. The molecule has 3 aromatic rings. The number of hydrogen-bond acceptors (Lipinski definition) is 4. The van der Waals surface area contributed by atoms with Crippen molar-refractivity contribution in [3.8, 4) is 22.7 Å². The molecule has 1 aromatic heterocycles. The maximum Gasteiger partial charge on any atom is 0.128 e. The maximum atomic E-state index is 5.83. The van der Waals surface area contributed by atoms with E-state index in [2.05, 4.69) is 36.3 Å². The Hall–Kier alpha value is -2.82. The number of benzene rings is 2. The van der Waals surface area contributed by atoms with Crippen LogP contribution in [0.1, 0.15) is 25.3 Å². The first-order valence-corrected chi connectivity index (χ1v) is 7.55. The Kier molecular flexibility index (Phi) is 4.02. The summed E-state index contributed by atoms with van der Waals surface area (Å²) in [5.41, 5.74) is 10.3. The topological polar surface area (TPSA) is 66.0 Å². The van der Waals surface area contributed by atoms with Gasteiger partial charge in [0.2, 0.25) is 0 Å². The van der Waals surface area contributed by atoms with Crippen molar-refractivity contribution < 1.29 is 4.74 Å². The zero-order chi connectivity index (χ0) is 16.4. The van der Waals surface area contributed by atoms with Crippen LogP contribution in [0, 0.1) is 0 Å². The molecule has 2 N–H and O–H groups in total. The van der Waals surface area contributed by atoms with Crippen LogP contribution in [0.3, 0.4) is 0 Å². The number of aromatic nitrogens is 3. The van der Waals surface area contributed by atoms with E-state index < -0.39 is 0 Å². The Morgan fingerprint density at radius 3 is 2.65 bits per heavy atom. The third-order valence-corrected chi connectivity index (χ3v) is 3.79. The van der Waals surface area contributed by atoms with E-state index in [1.165, 1.54) is 5.56 Å². The molecule has 23 heavy (non-hydrogen) atoms. The molecule has 0 aliphatic rings. The Morgan fingerprint density at radius 2 is 1.96 bits per heavy atom. The SMILES string of the molecule is COc1ccc(C(C)C)cc1-c1cn(-c2cccc(N)c2)nn1. The molecule has 0 fully saturated rings. The fraction of sp³-hybridized carbons (Fsp3) is 0.222. The number of methoxy groups -OCH3 is 1. The minimum Gasteiger partial charge on any atom is -0.496 e. The molecule has 0 saturated carbocycles. The van der Waals surface area contributed by atoms with Crippen LogP contribution in [-0.4, -0.2) is 22.1 Å². The molecule has 0 radical (unpaired) electrons. The second kappa shape index (κ2) is 6.12. The Labute approximate surface area is 135 Å². The minimum absolute atomic E-state index is 0.434. The summed E-state index contributed by atoms with van der Waals surface area (Å²) >= 11 is 0. The van der Waals surface area contributed by atoms with Gasteiger partial charge in [-0.05, 0) is 41.8 Å². The molecule has 0 unspecified atom stereocenters. The van der Waals surface area contributed by atoms with Gasteiger partial charge >= 0.3 is 0 Å². The van der Waals surface area contributed by atoms with Gasteiger partial charge in [0.05, 0.1) is 19.0 Å². The molecule has 0 saturated heterocycles. The molecule has 3 rings (SSSR count). The van der Waals surface area contributed by atoms with Gasteiger partial charge in [-0.3, -0.25) is 0 Å². The van der Waals surface area contributed by atoms with Gasteiger partial charge in [-0.25, -0.2) is 4.68 Å². The second-order valence-corrected chi connectivity index (χ2v) is 5.76. The number of ether oxygens (including phenoxy) is 1. The van der Waals surface area contributed by atoms with Gasteiger partial charge in [0.25, 0.3) is 0 Å². The zero-order valence-electron chi connectivity index (χ0n) is 13.5. The van der Waals surface area contributed by atoms with Crippen LogP contribution in [-0.2, 0) is 0 Å². The van der Waals surface area contributed by atoms with E-state index in [1.807, 2.05) is 36.5 Å². The van der Waals surface area contributed by atoms with Crippen molar-refractivity contribution >= 4 is 5.69 Å². The summed E-state index contributed by atoms with van der Waals surface area (Å²) in [4.78, 5) is 0. The maximum absolute atomic E-state index is 5.83. The molecule has 0 bridgehead atoms. The van der Waals surface area contributed by atoms with E-state index in [0.717, 1.165) is 22.7 Å². The lowest BCUT2D eigenvalue weighted by atomic mass is 9.99. The molecule has 5 nitrogen and oxygen atoms in total. The molecular weight excluding hydrogens is 288 g/mol. The van der Waals surface area contributed by atoms with Crippen molar-refractivity contribution in [2.45, 2.75) is 19.8 Å². The lowest BCUT2D eigenvalue weighted by Gasteiger charge is -2.11. The van der Waals surface area contributed by atoms with E-state index in [0.29, 0.717) is 11.6 Å². The number of hydrogen-bond donors (Lipinski definition) is 1. The van der Waals surface area contributed by atoms with Crippen molar-refractivity contribution in [2.75, 3.05) is 12.8 Å². The molecule has 0 amide bonds. The number of nitrogens with two attached hydrogens (primary N) is 1. The number of nitrogen functional groups attached to an aromatic ring is 1. The predicted octanol–water partition coefficient (Wildman–Crippen LogP) is 3.65.